The van der Waals surface area contributed by atoms with Gasteiger partial charge < -0.3 is 18.9 Å². The molecule has 0 radical (unpaired) electrons. The molecule has 1 saturated heterocycles. The van der Waals surface area contributed by atoms with Gasteiger partial charge in [0.15, 0.2) is 11.5 Å². The van der Waals surface area contributed by atoms with Gasteiger partial charge in [-0.15, -0.1) is 0 Å². The quantitative estimate of drug-likeness (QED) is 0.689. The molecular formula is C23H25NO5. The maximum Gasteiger partial charge on any atom is 0.354 e. The molecule has 1 heterocycles. The summed E-state index contributed by atoms with van der Waals surface area (Å²) < 4.78 is 22.3. The summed E-state index contributed by atoms with van der Waals surface area (Å²) in [6.45, 7) is 3.76. The van der Waals surface area contributed by atoms with E-state index >= 15 is 0 Å². The molecule has 0 aromatic heterocycles. The average molecular weight is 395 g/mol. The van der Waals surface area contributed by atoms with Crippen LogP contribution < -0.4 is 9.47 Å². The second kappa shape index (κ2) is 8.14. The Kier molecular flexibility index (Phi) is 5.81. The molecule has 1 aliphatic rings. The van der Waals surface area contributed by atoms with Gasteiger partial charge in [0.25, 0.3) is 5.60 Å². The predicted molar refractivity (Wildman–Crippen MR) is 107 cm³/mol. The highest BCUT2D eigenvalue weighted by Crippen LogP contribution is 2.53. The first kappa shape index (κ1) is 20.7. The highest BCUT2D eigenvalue weighted by molar-refractivity contribution is 5.85. The second-order valence-electron chi connectivity index (χ2n) is 7.14. The fraction of sp³-hybridized carbons (Fsp3) is 0.391. The fourth-order valence-corrected chi connectivity index (χ4v) is 3.96. The molecule has 1 aliphatic heterocycles. The zero-order chi connectivity index (χ0) is 21.1. The van der Waals surface area contributed by atoms with Crippen molar-refractivity contribution in [3.8, 4) is 17.6 Å². The molecule has 3 atom stereocenters. The molecule has 6 heteroatoms. The van der Waals surface area contributed by atoms with Gasteiger partial charge in [0.2, 0.25) is 0 Å². The molecule has 0 amide bonds. The summed E-state index contributed by atoms with van der Waals surface area (Å²) in [5.41, 5.74) is -0.953. The van der Waals surface area contributed by atoms with Crippen molar-refractivity contribution < 1.29 is 23.7 Å². The zero-order valence-electron chi connectivity index (χ0n) is 17.1. The Morgan fingerprint density at radius 1 is 1.17 bits per heavy atom. The van der Waals surface area contributed by atoms with Crippen LogP contribution in [0.2, 0.25) is 0 Å². The van der Waals surface area contributed by atoms with Gasteiger partial charge in [-0.25, -0.2) is 4.79 Å². The molecule has 6 nitrogen and oxygen atoms in total. The van der Waals surface area contributed by atoms with Crippen molar-refractivity contribution in [2.45, 2.75) is 37.4 Å². The lowest BCUT2D eigenvalue weighted by Crippen LogP contribution is -2.44. The molecule has 0 saturated carbocycles. The van der Waals surface area contributed by atoms with Crippen LogP contribution in [0.15, 0.2) is 48.5 Å². The molecular weight excluding hydrogens is 370 g/mol. The zero-order valence-corrected chi connectivity index (χ0v) is 17.1. The minimum Gasteiger partial charge on any atom is -0.493 e. The van der Waals surface area contributed by atoms with Gasteiger partial charge >= 0.3 is 5.97 Å². The van der Waals surface area contributed by atoms with E-state index in [1.54, 1.807) is 33.3 Å². The number of nitrogens with zero attached hydrogens (tertiary/aromatic N) is 1. The monoisotopic (exact) mass is 395 g/mol. The van der Waals surface area contributed by atoms with Crippen LogP contribution in [0.5, 0.6) is 11.5 Å². The molecule has 1 fully saturated rings. The smallest absolute Gasteiger partial charge is 0.354 e. The molecule has 3 rings (SSSR count). The van der Waals surface area contributed by atoms with Gasteiger partial charge in [-0.1, -0.05) is 36.4 Å². The predicted octanol–water partition coefficient (Wildman–Crippen LogP) is 3.95. The van der Waals surface area contributed by atoms with E-state index in [-0.39, 0.29) is 6.61 Å². The number of nitriles is 1. The molecule has 0 spiro atoms. The summed E-state index contributed by atoms with van der Waals surface area (Å²) in [6.07, 6.45) is 0.429. The van der Waals surface area contributed by atoms with Crippen molar-refractivity contribution in [2.75, 3.05) is 20.8 Å². The molecule has 2 aromatic rings. The van der Waals surface area contributed by atoms with E-state index in [1.807, 2.05) is 43.3 Å². The Bertz CT molecular complexity index is 923. The normalized spacial score (nSPS) is 25.8. The first-order chi connectivity index (χ1) is 13.9. The van der Waals surface area contributed by atoms with E-state index in [1.165, 1.54) is 0 Å². The minimum atomic E-state index is -1.76. The lowest BCUT2D eigenvalue weighted by atomic mass is 9.78. The van der Waals surface area contributed by atoms with Crippen molar-refractivity contribution in [1.29, 1.82) is 5.26 Å². The van der Waals surface area contributed by atoms with Crippen molar-refractivity contribution in [3.05, 3.63) is 59.7 Å². The minimum absolute atomic E-state index is 0.159. The Morgan fingerprint density at radius 3 is 2.45 bits per heavy atom. The molecule has 2 aromatic carbocycles. The van der Waals surface area contributed by atoms with Crippen LogP contribution in [0.25, 0.3) is 0 Å². The lowest BCUT2D eigenvalue weighted by molar-refractivity contribution is -0.171. The van der Waals surface area contributed by atoms with Crippen LogP contribution in [0.4, 0.5) is 0 Å². The lowest BCUT2D eigenvalue weighted by Gasteiger charge is -2.28. The Morgan fingerprint density at radius 2 is 1.86 bits per heavy atom. The van der Waals surface area contributed by atoms with Crippen molar-refractivity contribution in [2.24, 2.45) is 0 Å². The highest BCUT2D eigenvalue weighted by Gasteiger charge is 2.61. The Hall–Kier alpha value is -3.04. The Labute approximate surface area is 171 Å². The maximum atomic E-state index is 13.0. The number of carbonyl (C=O) groups excluding carboxylic acids is 1. The third-order valence-electron chi connectivity index (χ3n) is 5.41. The van der Waals surface area contributed by atoms with Crippen LogP contribution in [-0.2, 0) is 19.9 Å². The molecule has 0 N–H and O–H groups in total. The van der Waals surface area contributed by atoms with Crippen LogP contribution in [0.3, 0.4) is 0 Å². The van der Waals surface area contributed by atoms with E-state index < -0.39 is 23.1 Å². The standard InChI is InChI=1S/C23H25NO5/c1-5-28-21(25)23(15-24)18(16-11-12-19(26-3)20(13-16)27-4)14-22(2,29-23)17-9-7-6-8-10-17/h6-13,18H,5,14H2,1-4H3/t18-,22-,23?/m0/s1. The van der Waals surface area contributed by atoms with E-state index in [9.17, 15) is 10.1 Å². The summed E-state index contributed by atoms with van der Waals surface area (Å²) in [4.78, 5) is 13.0. The fourth-order valence-electron chi connectivity index (χ4n) is 3.96. The van der Waals surface area contributed by atoms with Gasteiger partial charge in [0, 0.05) is 5.92 Å². The van der Waals surface area contributed by atoms with E-state index in [0.717, 1.165) is 11.1 Å². The summed E-state index contributed by atoms with van der Waals surface area (Å²) in [5, 5.41) is 10.1. The van der Waals surface area contributed by atoms with Crippen LogP contribution >= 0.6 is 0 Å². The van der Waals surface area contributed by atoms with Crippen LogP contribution in [0.1, 0.15) is 37.3 Å². The molecule has 29 heavy (non-hydrogen) atoms. The van der Waals surface area contributed by atoms with Gasteiger partial charge in [0.1, 0.15) is 6.07 Å². The van der Waals surface area contributed by atoms with Crippen molar-refractivity contribution in [3.63, 3.8) is 0 Å². The van der Waals surface area contributed by atoms with Crippen LogP contribution in [0, 0.1) is 11.3 Å². The van der Waals surface area contributed by atoms with E-state index in [0.29, 0.717) is 17.9 Å². The number of esters is 1. The molecule has 0 aliphatic carbocycles. The molecule has 1 unspecified atom stereocenters. The van der Waals surface area contributed by atoms with Gasteiger partial charge in [-0.3, -0.25) is 0 Å². The van der Waals surface area contributed by atoms with Crippen molar-refractivity contribution in [1.82, 2.24) is 0 Å². The van der Waals surface area contributed by atoms with E-state index in [4.69, 9.17) is 18.9 Å². The highest BCUT2D eigenvalue weighted by atomic mass is 16.6. The number of hydrogen-bond acceptors (Lipinski definition) is 6. The number of ether oxygens (including phenoxy) is 4. The number of hydrogen-bond donors (Lipinski definition) is 0. The SMILES string of the molecule is CCOC(=O)C1(C#N)O[C@](C)(c2ccccc2)C[C@H]1c1ccc(OC)c(OC)c1. The summed E-state index contributed by atoms with van der Waals surface area (Å²) in [7, 11) is 3.10. The Balaban J connectivity index is 2.14. The number of rotatable bonds is 6. The van der Waals surface area contributed by atoms with Gasteiger partial charge in [0.05, 0.1) is 26.4 Å². The summed E-state index contributed by atoms with van der Waals surface area (Å²) in [6, 6.07) is 17.1. The third kappa shape index (κ3) is 3.54. The first-order valence-electron chi connectivity index (χ1n) is 9.50. The number of benzene rings is 2. The molecule has 152 valence electrons. The van der Waals surface area contributed by atoms with E-state index in [2.05, 4.69) is 6.07 Å². The first-order valence-corrected chi connectivity index (χ1v) is 9.50. The average Bonchev–Trinajstić information content (AvgIpc) is 3.09. The summed E-state index contributed by atoms with van der Waals surface area (Å²) in [5.74, 6) is -0.132. The van der Waals surface area contributed by atoms with Crippen molar-refractivity contribution >= 4 is 5.97 Å². The molecule has 0 bridgehead atoms. The topological polar surface area (TPSA) is 77.8 Å². The number of methoxy groups -OCH3 is 2. The van der Waals surface area contributed by atoms with Gasteiger partial charge in [-0.05, 0) is 43.5 Å². The number of carbonyl (C=O) groups is 1. The third-order valence-corrected chi connectivity index (χ3v) is 5.41. The van der Waals surface area contributed by atoms with Crippen LogP contribution in [-0.4, -0.2) is 32.4 Å². The maximum absolute atomic E-state index is 13.0. The largest absolute Gasteiger partial charge is 0.493 e. The van der Waals surface area contributed by atoms with Gasteiger partial charge in [-0.2, -0.15) is 5.26 Å². The second-order valence-corrected chi connectivity index (χ2v) is 7.14. The summed E-state index contributed by atoms with van der Waals surface area (Å²) >= 11 is 0.